The summed E-state index contributed by atoms with van der Waals surface area (Å²) in [6.45, 7) is 4.51. The van der Waals surface area contributed by atoms with Crippen molar-refractivity contribution in [3.05, 3.63) is 70.8 Å². The zero-order chi connectivity index (χ0) is 16.3. The zero-order valence-corrected chi connectivity index (χ0v) is 15.0. The van der Waals surface area contributed by atoms with Crippen molar-refractivity contribution < 1.29 is 0 Å². The van der Waals surface area contributed by atoms with Gasteiger partial charge in [0.1, 0.15) is 0 Å². The quantitative estimate of drug-likeness (QED) is 0.437. The average molecular weight is 309 g/mol. The molecule has 0 bridgehead atoms. The van der Waals surface area contributed by atoms with Crippen LogP contribution >= 0.6 is 0 Å². The molecule has 0 heteroatoms. The molecule has 0 amide bonds. The van der Waals surface area contributed by atoms with Gasteiger partial charge in [0, 0.05) is 0 Å². The fraction of sp³-hybridized carbons (Fsp3) is 0.478. The second kappa shape index (κ2) is 10.3. The summed E-state index contributed by atoms with van der Waals surface area (Å²) in [6.07, 6.45) is 11.3. The lowest BCUT2D eigenvalue weighted by Crippen LogP contribution is -1.93. The molecule has 0 aliphatic rings. The highest BCUT2D eigenvalue weighted by molar-refractivity contribution is 5.26. The largest absolute Gasteiger partial charge is 0.0654 e. The molecular weight excluding hydrogens is 276 g/mol. The first kappa shape index (κ1) is 17.8. The zero-order valence-electron chi connectivity index (χ0n) is 15.0. The van der Waals surface area contributed by atoms with E-state index in [0.29, 0.717) is 0 Å². The Morgan fingerprint density at radius 2 is 0.870 bits per heavy atom. The maximum Gasteiger partial charge on any atom is -0.0238 e. The Kier molecular flexibility index (Phi) is 7.93. The van der Waals surface area contributed by atoms with Gasteiger partial charge in [-0.15, -0.1) is 0 Å². The Labute approximate surface area is 143 Å². The van der Waals surface area contributed by atoms with E-state index in [4.69, 9.17) is 0 Å². The number of hydrogen-bond acceptors (Lipinski definition) is 0. The third kappa shape index (κ3) is 6.60. The molecule has 0 N–H and O–H groups in total. The van der Waals surface area contributed by atoms with E-state index in [-0.39, 0.29) is 0 Å². The minimum atomic E-state index is 1.14. The van der Waals surface area contributed by atoms with Gasteiger partial charge in [-0.1, -0.05) is 88.1 Å². The Bertz CT molecular complexity index is 533. The molecule has 2 aromatic rings. The Balaban J connectivity index is 1.77. The van der Waals surface area contributed by atoms with Gasteiger partial charge in [0.15, 0.2) is 0 Å². The molecule has 0 aliphatic heterocycles. The highest BCUT2D eigenvalue weighted by Crippen LogP contribution is 2.13. The van der Waals surface area contributed by atoms with Gasteiger partial charge in [-0.25, -0.2) is 0 Å². The van der Waals surface area contributed by atoms with Crippen LogP contribution < -0.4 is 0 Å². The van der Waals surface area contributed by atoms with Gasteiger partial charge in [-0.2, -0.15) is 0 Å². The SMILES string of the molecule is CCCCCCc1ccc(CCc2ccc(CCC)cc2)cc1. The molecule has 0 radical (unpaired) electrons. The fourth-order valence-electron chi connectivity index (χ4n) is 3.08. The fourth-order valence-corrected chi connectivity index (χ4v) is 3.08. The first-order chi connectivity index (χ1) is 11.3. The van der Waals surface area contributed by atoms with E-state index in [0.717, 1.165) is 12.8 Å². The molecule has 0 spiro atoms. The van der Waals surface area contributed by atoms with Crippen LogP contribution in [0.15, 0.2) is 48.5 Å². The molecule has 0 fully saturated rings. The summed E-state index contributed by atoms with van der Waals surface area (Å²) in [5.41, 5.74) is 5.87. The van der Waals surface area contributed by atoms with Gasteiger partial charge >= 0.3 is 0 Å². The lowest BCUT2D eigenvalue weighted by atomic mass is 10.00. The summed E-state index contributed by atoms with van der Waals surface area (Å²) < 4.78 is 0. The second-order valence-electron chi connectivity index (χ2n) is 6.69. The van der Waals surface area contributed by atoms with Gasteiger partial charge in [0.05, 0.1) is 0 Å². The van der Waals surface area contributed by atoms with E-state index >= 15 is 0 Å². The van der Waals surface area contributed by atoms with Gasteiger partial charge in [-0.3, -0.25) is 0 Å². The highest BCUT2D eigenvalue weighted by atomic mass is 14.0. The number of benzene rings is 2. The minimum absolute atomic E-state index is 1.14. The van der Waals surface area contributed by atoms with Crippen LogP contribution in [0, 0.1) is 0 Å². The summed E-state index contributed by atoms with van der Waals surface area (Å²) in [7, 11) is 0. The smallest absolute Gasteiger partial charge is 0.0238 e. The second-order valence-corrected chi connectivity index (χ2v) is 6.69. The van der Waals surface area contributed by atoms with Crippen LogP contribution in [0.3, 0.4) is 0 Å². The summed E-state index contributed by atoms with van der Waals surface area (Å²) in [6, 6.07) is 18.5. The lowest BCUT2D eigenvalue weighted by molar-refractivity contribution is 0.667. The predicted molar refractivity (Wildman–Crippen MR) is 102 cm³/mol. The molecule has 0 heterocycles. The normalized spacial score (nSPS) is 10.9. The number of rotatable bonds is 10. The maximum atomic E-state index is 2.33. The highest BCUT2D eigenvalue weighted by Gasteiger charge is 1.99. The number of unbranched alkanes of at least 4 members (excludes halogenated alkanes) is 3. The van der Waals surface area contributed by atoms with Gasteiger partial charge in [-0.05, 0) is 54.4 Å². The van der Waals surface area contributed by atoms with E-state index < -0.39 is 0 Å². The number of aryl methyl sites for hydroxylation is 4. The topological polar surface area (TPSA) is 0 Å². The van der Waals surface area contributed by atoms with E-state index in [9.17, 15) is 0 Å². The molecule has 124 valence electrons. The van der Waals surface area contributed by atoms with Crippen molar-refractivity contribution in [3.8, 4) is 0 Å². The molecule has 0 aliphatic carbocycles. The van der Waals surface area contributed by atoms with Crippen molar-refractivity contribution in [2.75, 3.05) is 0 Å². The molecule has 2 aromatic carbocycles. The molecule has 0 saturated carbocycles. The van der Waals surface area contributed by atoms with Crippen LogP contribution in [0.2, 0.25) is 0 Å². The monoisotopic (exact) mass is 308 g/mol. The summed E-state index contributed by atoms with van der Waals surface area (Å²) in [4.78, 5) is 0. The van der Waals surface area contributed by atoms with E-state index in [2.05, 4.69) is 62.4 Å². The number of hydrogen-bond donors (Lipinski definition) is 0. The molecule has 23 heavy (non-hydrogen) atoms. The van der Waals surface area contributed by atoms with E-state index in [1.807, 2.05) is 0 Å². The molecule has 2 rings (SSSR count). The Hall–Kier alpha value is -1.56. The summed E-state index contributed by atoms with van der Waals surface area (Å²) >= 11 is 0. The first-order valence-corrected chi connectivity index (χ1v) is 9.47. The van der Waals surface area contributed by atoms with Crippen LogP contribution in [0.4, 0.5) is 0 Å². The van der Waals surface area contributed by atoms with E-state index in [1.165, 1.54) is 67.2 Å². The van der Waals surface area contributed by atoms with Crippen molar-refractivity contribution >= 4 is 0 Å². The summed E-state index contributed by atoms with van der Waals surface area (Å²) in [5, 5.41) is 0. The van der Waals surface area contributed by atoms with Crippen LogP contribution in [0.5, 0.6) is 0 Å². The van der Waals surface area contributed by atoms with E-state index in [1.54, 1.807) is 0 Å². The Morgan fingerprint density at radius 3 is 1.30 bits per heavy atom. The van der Waals surface area contributed by atoms with Gasteiger partial charge in [0.25, 0.3) is 0 Å². The van der Waals surface area contributed by atoms with Crippen LogP contribution in [-0.4, -0.2) is 0 Å². The third-order valence-corrected chi connectivity index (χ3v) is 4.61. The molecule has 0 atom stereocenters. The van der Waals surface area contributed by atoms with Crippen molar-refractivity contribution in [2.24, 2.45) is 0 Å². The summed E-state index contributed by atoms with van der Waals surface area (Å²) in [5.74, 6) is 0. The minimum Gasteiger partial charge on any atom is -0.0654 e. The van der Waals surface area contributed by atoms with Crippen molar-refractivity contribution in [3.63, 3.8) is 0 Å². The van der Waals surface area contributed by atoms with Crippen LogP contribution in [0.1, 0.15) is 68.2 Å². The van der Waals surface area contributed by atoms with Gasteiger partial charge < -0.3 is 0 Å². The lowest BCUT2D eigenvalue weighted by Gasteiger charge is -2.06. The first-order valence-electron chi connectivity index (χ1n) is 9.47. The van der Waals surface area contributed by atoms with Crippen molar-refractivity contribution in [1.29, 1.82) is 0 Å². The molecule has 0 aromatic heterocycles. The molecular formula is C23H32. The Morgan fingerprint density at radius 1 is 0.435 bits per heavy atom. The van der Waals surface area contributed by atoms with Crippen LogP contribution in [-0.2, 0) is 25.7 Å². The third-order valence-electron chi connectivity index (χ3n) is 4.61. The molecule has 0 nitrogen and oxygen atoms in total. The predicted octanol–water partition coefficient (Wildman–Crippen LogP) is 6.55. The van der Waals surface area contributed by atoms with Crippen LogP contribution in [0.25, 0.3) is 0 Å². The van der Waals surface area contributed by atoms with Crippen molar-refractivity contribution in [2.45, 2.75) is 71.6 Å². The molecule has 0 unspecified atom stereocenters. The van der Waals surface area contributed by atoms with Gasteiger partial charge in [0.2, 0.25) is 0 Å². The standard InChI is InChI=1S/C23H32/c1-3-5-6-7-9-21-12-16-23(17-13-21)19-18-22-14-10-20(8-4-2)11-15-22/h10-17H,3-9,18-19H2,1-2H3. The molecule has 0 saturated heterocycles. The maximum absolute atomic E-state index is 2.33. The van der Waals surface area contributed by atoms with Crippen molar-refractivity contribution in [1.82, 2.24) is 0 Å². The average Bonchev–Trinajstić information content (AvgIpc) is 2.59.